The van der Waals surface area contributed by atoms with Crippen LogP contribution >= 0.6 is 12.2 Å². The third-order valence-electron chi connectivity index (χ3n) is 2.60. The van der Waals surface area contributed by atoms with E-state index >= 15 is 0 Å². The molecule has 3 nitrogen and oxygen atoms in total. The van der Waals surface area contributed by atoms with E-state index in [2.05, 4.69) is 0 Å². The highest BCUT2D eigenvalue weighted by molar-refractivity contribution is 7.80. The van der Waals surface area contributed by atoms with Gasteiger partial charge in [-0.25, -0.2) is 0 Å². The van der Waals surface area contributed by atoms with Gasteiger partial charge in [-0.3, -0.25) is 0 Å². The molecular formula is C15H14O3S. The lowest BCUT2D eigenvalue weighted by Crippen LogP contribution is -2.12. The lowest BCUT2D eigenvalue weighted by Gasteiger charge is -2.18. The summed E-state index contributed by atoms with van der Waals surface area (Å²) in [6.07, 6.45) is -0.539. The third-order valence-corrected chi connectivity index (χ3v) is 2.93. The summed E-state index contributed by atoms with van der Waals surface area (Å²) in [5.41, 5.74) is 1.62. The van der Waals surface area contributed by atoms with Crippen LogP contribution in [0.4, 0.5) is 0 Å². The molecule has 19 heavy (non-hydrogen) atoms. The molecule has 0 saturated heterocycles. The molecule has 0 aliphatic carbocycles. The second-order valence-electron chi connectivity index (χ2n) is 3.93. The normalized spacial score (nSPS) is 11.8. The largest absolute Gasteiger partial charge is 0.508 e. The molecule has 98 valence electrons. The Labute approximate surface area is 117 Å². The minimum absolute atomic E-state index is 0.193. The van der Waals surface area contributed by atoms with E-state index in [-0.39, 0.29) is 5.75 Å². The van der Waals surface area contributed by atoms with Crippen molar-refractivity contribution < 1.29 is 14.6 Å². The fourth-order valence-corrected chi connectivity index (χ4v) is 1.85. The van der Waals surface area contributed by atoms with Gasteiger partial charge in [-0.2, -0.15) is 0 Å². The van der Waals surface area contributed by atoms with Gasteiger partial charge < -0.3 is 14.6 Å². The quantitative estimate of drug-likeness (QED) is 0.685. The van der Waals surface area contributed by atoms with Crippen molar-refractivity contribution in [1.82, 2.24) is 0 Å². The van der Waals surface area contributed by atoms with Crippen molar-refractivity contribution in [2.45, 2.75) is 6.29 Å². The van der Waals surface area contributed by atoms with Crippen molar-refractivity contribution in [2.24, 2.45) is 0 Å². The smallest absolute Gasteiger partial charge is 0.227 e. The van der Waals surface area contributed by atoms with Crippen molar-refractivity contribution in [2.75, 3.05) is 7.11 Å². The highest BCUT2D eigenvalue weighted by atomic mass is 32.1. The summed E-state index contributed by atoms with van der Waals surface area (Å²) in [6.45, 7) is 0. The maximum atomic E-state index is 9.24. The number of thiocarbonyl (C=S) groups is 1. The van der Waals surface area contributed by atoms with Crippen molar-refractivity contribution in [3.8, 4) is 5.75 Å². The van der Waals surface area contributed by atoms with E-state index in [4.69, 9.17) is 21.7 Å². The first-order valence-electron chi connectivity index (χ1n) is 5.78. The Balaban J connectivity index is 2.10. The monoisotopic (exact) mass is 274 g/mol. The first-order chi connectivity index (χ1) is 9.20. The molecular weight excluding hydrogens is 260 g/mol. The van der Waals surface area contributed by atoms with Gasteiger partial charge in [0.25, 0.3) is 0 Å². The van der Waals surface area contributed by atoms with Gasteiger partial charge in [0, 0.05) is 18.2 Å². The number of methoxy groups -OCH3 is 1. The number of hydrogen-bond acceptors (Lipinski definition) is 4. The molecule has 4 heteroatoms. The Morgan fingerprint density at radius 1 is 1.05 bits per heavy atom. The van der Waals surface area contributed by atoms with Crippen LogP contribution in [-0.4, -0.2) is 17.3 Å². The summed E-state index contributed by atoms with van der Waals surface area (Å²) >= 11 is 5.22. The van der Waals surface area contributed by atoms with Crippen LogP contribution in [0.25, 0.3) is 0 Å². The predicted octanol–water partition coefficient (Wildman–Crippen LogP) is 3.43. The maximum absolute atomic E-state index is 9.24. The van der Waals surface area contributed by atoms with Crippen LogP contribution in [0.15, 0.2) is 54.6 Å². The first-order valence-corrected chi connectivity index (χ1v) is 6.19. The van der Waals surface area contributed by atoms with Crippen LogP contribution in [0, 0.1) is 0 Å². The lowest BCUT2D eigenvalue weighted by molar-refractivity contribution is -0.0628. The molecule has 0 aromatic heterocycles. The SMILES string of the molecule is COC(OC(=S)c1ccc(O)cc1)c1ccccc1. The molecule has 0 spiro atoms. The van der Waals surface area contributed by atoms with Gasteiger partial charge in [-0.15, -0.1) is 0 Å². The molecule has 1 unspecified atom stereocenters. The number of hydrogen-bond donors (Lipinski definition) is 1. The van der Waals surface area contributed by atoms with Gasteiger partial charge in [-0.1, -0.05) is 30.3 Å². The fraction of sp³-hybridized carbons (Fsp3) is 0.133. The number of phenols is 1. The summed E-state index contributed by atoms with van der Waals surface area (Å²) < 4.78 is 10.9. The van der Waals surface area contributed by atoms with Crippen molar-refractivity contribution in [3.05, 3.63) is 65.7 Å². The van der Waals surface area contributed by atoms with Crippen LogP contribution in [0.2, 0.25) is 0 Å². The Bertz CT molecular complexity index is 537. The molecule has 2 aromatic rings. The maximum Gasteiger partial charge on any atom is 0.227 e. The van der Waals surface area contributed by atoms with Gasteiger partial charge in [0.2, 0.25) is 6.29 Å². The highest BCUT2D eigenvalue weighted by Gasteiger charge is 2.14. The molecule has 0 aliphatic rings. The topological polar surface area (TPSA) is 38.7 Å². The van der Waals surface area contributed by atoms with Gasteiger partial charge >= 0.3 is 0 Å². The Hall–Kier alpha value is -1.91. The molecule has 0 fully saturated rings. The minimum Gasteiger partial charge on any atom is -0.508 e. The molecule has 0 saturated carbocycles. The van der Waals surface area contributed by atoms with Gasteiger partial charge in [-0.05, 0) is 36.5 Å². The number of aromatic hydroxyl groups is 1. The molecule has 0 bridgehead atoms. The average molecular weight is 274 g/mol. The van der Waals surface area contributed by atoms with E-state index in [1.54, 1.807) is 31.4 Å². The van der Waals surface area contributed by atoms with E-state index in [1.807, 2.05) is 30.3 Å². The predicted molar refractivity (Wildman–Crippen MR) is 77.1 cm³/mol. The summed E-state index contributed by atoms with van der Waals surface area (Å²) in [5, 5.41) is 9.57. The van der Waals surface area contributed by atoms with Crippen LogP contribution in [0.1, 0.15) is 17.4 Å². The van der Waals surface area contributed by atoms with Crippen LogP contribution in [0.3, 0.4) is 0 Å². The Morgan fingerprint density at radius 2 is 1.68 bits per heavy atom. The third kappa shape index (κ3) is 3.53. The second kappa shape index (κ2) is 6.31. The van der Waals surface area contributed by atoms with Crippen molar-refractivity contribution >= 4 is 17.3 Å². The van der Waals surface area contributed by atoms with Crippen molar-refractivity contribution in [1.29, 1.82) is 0 Å². The molecule has 0 radical (unpaired) electrons. The van der Waals surface area contributed by atoms with Crippen LogP contribution in [-0.2, 0) is 9.47 Å². The number of rotatable bonds is 4. The highest BCUT2D eigenvalue weighted by Crippen LogP contribution is 2.20. The zero-order chi connectivity index (χ0) is 13.7. The Morgan fingerprint density at radius 3 is 2.26 bits per heavy atom. The summed E-state index contributed by atoms with van der Waals surface area (Å²) in [4.78, 5) is 0. The van der Waals surface area contributed by atoms with E-state index < -0.39 is 6.29 Å². The average Bonchev–Trinajstić information content (AvgIpc) is 2.46. The standard InChI is InChI=1S/C15H14O3S/c1-17-14(11-5-3-2-4-6-11)18-15(19)12-7-9-13(16)10-8-12/h2-10,14,16H,1H3. The lowest BCUT2D eigenvalue weighted by atomic mass is 10.2. The number of ether oxygens (including phenoxy) is 2. The number of benzene rings is 2. The Kier molecular flexibility index (Phi) is 4.49. The molecule has 2 rings (SSSR count). The summed E-state index contributed by atoms with van der Waals surface area (Å²) in [5.74, 6) is 0.193. The molecule has 0 heterocycles. The van der Waals surface area contributed by atoms with E-state index in [0.29, 0.717) is 5.05 Å². The van der Waals surface area contributed by atoms with Crippen molar-refractivity contribution in [3.63, 3.8) is 0 Å². The zero-order valence-corrected chi connectivity index (χ0v) is 11.3. The second-order valence-corrected chi connectivity index (χ2v) is 4.30. The fourth-order valence-electron chi connectivity index (χ4n) is 1.63. The van der Waals surface area contributed by atoms with Crippen LogP contribution in [0.5, 0.6) is 5.75 Å². The van der Waals surface area contributed by atoms with E-state index in [9.17, 15) is 5.11 Å². The first kappa shape index (κ1) is 13.5. The van der Waals surface area contributed by atoms with Gasteiger partial charge in [0.15, 0.2) is 5.05 Å². The zero-order valence-electron chi connectivity index (χ0n) is 10.4. The number of phenolic OH excluding ortho intramolecular Hbond substituents is 1. The molecule has 2 aromatic carbocycles. The summed E-state index contributed by atoms with van der Waals surface area (Å²) in [6, 6.07) is 16.1. The van der Waals surface area contributed by atoms with E-state index in [1.165, 1.54) is 0 Å². The molecule has 1 atom stereocenters. The minimum atomic E-state index is -0.539. The van der Waals surface area contributed by atoms with Crippen LogP contribution < -0.4 is 0 Å². The molecule has 0 aliphatic heterocycles. The van der Waals surface area contributed by atoms with Gasteiger partial charge in [0.1, 0.15) is 5.75 Å². The summed E-state index contributed by atoms with van der Waals surface area (Å²) in [7, 11) is 1.57. The molecule has 0 amide bonds. The van der Waals surface area contributed by atoms with E-state index in [0.717, 1.165) is 11.1 Å². The molecule has 1 N–H and O–H groups in total. The van der Waals surface area contributed by atoms with Gasteiger partial charge in [0.05, 0.1) is 0 Å².